The summed E-state index contributed by atoms with van der Waals surface area (Å²) in [5, 5.41) is 0. The van der Waals surface area contributed by atoms with Crippen molar-refractivity contribution in [1.82, 2.24) is 4.90 Å². The molecule has 0 aromatic heterocycles. The molecule has 0 fully saturated rings. The largest absolute Gasteiger partial charge is 0.378 e. The fraction of sp³-hybridized carbons (Fsp3) is 0.556. The molecule has 0 spiro atoms. The van der Waals surface area contributed by atoms with Crippen LogP contribution in [-0.4, -0.2) is 19.0 Å². The summed E-state index contributed by atoms with van der Waals surface area (Å²) in [5.74, 6) is 0. The lowest BCUT2D eigenvalue weighted by Crippen LogP contribution is -2.08. The van der Waals surface area contributed by atoms with Gasteiger partial charge in [0.15, 0.2) is 0 Å². The Morgan fingerprint density at radius 1 is 1.40 bits per heavy atom. The molecule has 58 valence electrons. The SMILES string of the molecule is C/C=C(\C=C/CC)N(C)C. The Morgan fingerprint density at radius 2 is 2.00 bits per heavy atom. The van der Waals surface area contributed by atoms with Gasteiger partial charge in [-0.05, 0) is 19.4 Å². The van der Waals surface area contributed by atoms with Gasteiger partial charge in [-0.2, -0.15) is 0 Å². The molecule has 1 nitrogen and oxygen atoms in total. The predicted molar refractivity (Wildman–Crippen MR) is 46.9 cm³/mol. The highest BCUT2D eigenvalue weighted by Crippen LogP contribution is 1.99. The molecule has 0 saturated carbocycles. The molecule has 0 unspecified atom stereocenters. The van der Waals surface area contributed by atoms with Crippen LogP contribution in [0.2, 0.25) is 0 Å². The quantitative estimate of drug-likeness (QED) is 0.543. The molecule has 0 aromatic carbocycles. The van der Waals surface area contributed by atoms with Crippen molar-refractivity contribution in [3.63, 3.8) is 0 Å². The van der Waals surface area contributed by atoms with Gasteiger partial charge in [-0.1, -0.05) is 19.1 Å². The second-order valence-corrected chi connectivity index (χ2v) is 2.42. The molecule has 1 heteroatoms. The van der Waals surface area contributed by atoms with Crippen molar-refractivity contribution in [1.29, 1.82) is 0 Å². The van der Waals surface area contributed by atoms with Crippen LogP contribution < -0.4 is 0 Å². The Bertz CT molecular complexity index is 132. The van der Waals surface area contributed by atoms with E-state index in [0.29, 0.717) is 0 Å². The van der Waals surface area contributed by atoms with Crippen molar-refractivity contribution >= 4 is 0 Å². The minimum absolute atomic E-state index is 1.10. The van der Waals surface area contributed by atoms with Crippen LogP contribution in [0, 0.1) is 0 Å². The van der Waals surface area contributed by atoms with Crippen LogP contribution in [0.15, 0.2) is 23.9 Å². The third kappa shape index (κ3) is 3.33. The van der Waals surface area contributed by atoms with E-state index < -0.39 is 0 Å². The summed E-state index contributed by atoms with van der Waals surface area (Å²) < 4.78 is 0. The topological polar surface area (TPSA) is 3.24 Å². The van der Waals surface area contributed by atoms with E-state index in [1.807, 2.05) is 0 Å². The third-order valence-corrected chi connectivity index (χ3v) is 1.34. The molecule has 0 aliphatic carbocycles. The van der Waals surface area contributed by atoms with Crippen LogP contribution in [0.5, 0.6) is 0 Å². The van der Waals surface area contributed by atoms with Crippen LogP contribution in [0.1, 0.15) is 20.3 Å². The average molecular weight is 139 g/mol. The van der Waals surface area contributed by atoms with Crippen molar-refractivity contribution < 1.29 is 0 Å². The monoisotopic (exact) mass is 139 g/mol. The van der Waals surface area contributed by atoms with Crippen molar-refractivity contribution in [3.8, 4) is 0 Å². The van der Waals surface area contributed by atoms with Crippen LogP contribution >= 0.6 is 0 Å². The summed E-state index contributed by atoms with van der Waals surface area (Å²) >= 11 is 0. The summed E-state index contributed by atoms with van der Waals surface area (Å²) in [4.78, 5) is 2.10. The first-order valence-electron chi connectivity index (χ1n) is 3.72. The number of nitrogens with zero attached hydrogens (tertiary/aromatic N) is 1. The van der Waals surface area contributed by atoms with E-state index >= 15 is 0 Å². The summed E-state index contributed by atoms with van der Waals surface area (Å²) in [6, 6.07) is 0. The molecule has 0 aromatic rings. The fourth-order valence-corrected chi connectivity index (χ4v) is 0.742. The summed E-state index contributed by atoms with van der Waals surface area (Å²) in [6.45, 7) is 4.19. The Morgan fingerprint density at radius 3 is 2.30 bits per heavy atom. The van der Waals surface area contributed by atoms with Crippen LogP contribution in [0.3, 0.4) is 0 Å². The van der Waals surface area contributed by atoms with E-state index in [4.69, 9.17) is 0 Å². The zero-order chi connectivity index (χ0) is 7.98. The molecule has 0 rings (SSSR count). The van der Waals surface area contributed by atoms with Crippen LogP contribution in [-0.2, 0) is 0 Å². The van der Waals surface area contributed by atoms with Crippen molar-refractivity contribution in [2.45, 2.75) is 20.3 Å². The van der Waals surface area contributed by atoms with Crippen LogP contribution in [0.25, 0.3) is 0 Å². The van der Waals surface area contributed by atoms with Gasteiger partial charge in [-0.15, -0.1) is 0 Å². The molecule has 0 N–H and O–H groups in total. The Kier molecular flexibility index (Phi) is 4.73. The van der Waals surface area contributed by atoms with Gasteiger partial charge in [-0.25, -0.2) is 0 Å². The van der Waals surface area contributed by atoms with Gasteiger partial charge in [-0.3, -0.25) is 0 Å². The normalized spacial score (nSPS) is 12.6. The standard InChI is InChI=1S/C9H17N/c1-5-7-8-9(6-2)10(3)4/h6-8H,5H2,1-4H3/b8-7-,9-6+. The lowest BCUT2D eigenvalue weighted by molar-refractivity contribution is 0.528. The third-order valence-electron chi connectivity index (χ3n) is 1.34. The van der Waals surface area contributed by atoms with E-state index in [0.717, 1.165) is 6.42 Å². The smallest absolute Gasteiger partial charge is 0.0314 e. The zero-order valence-corrected chi connectivity index (χ0v) is 7.39. The number of hydrogen-bond acceptors (Lipinski definition) is 1. The minimum Gasteiger partial charge on any atom is -0.378 e. The van der Waals surface area contributed by atoms with Gasteiger partial charge < -0.3 is 4.90 Å². The van der Waals surface area contributed by atoms with E-state index in [-0.39, 0.29) is 0 Å². The molecule has 0 aliphatic rings. The summed E-state index contributed by atoms with van der Waals surface area (Å²) in [6.07, 6.45) is 7.51. The molecular weight excluding hydrogens is 122 g/mol. The molecular formula is C9H17N. The first-order valence-corrected chi connectivity index (χ1v) is 3.72. The van der Waals surface area contributed by atoms with E-state index in [9.17, 15) is 0 Å². The Labute approximate surface area is 64.0 Å². The maximum atomic E-state index is 2.16. The number of allylic oxidation sites excluding steroid dienone is 3. The molecule has 0 amide bonds. The maximum absolute atomic E-state index is 2.16. The highest BCUT2D eigenvalue weighted by Gasteiger charge is 1.88. The van der Waals surface area contributed by atoms with Gasteiger partial charge in [0, 0.05) is 19.8 Å². The number of rotatable bonds is 3. The Hall–Kier alpha value is -0.720. The Balaban J connectivity index is 3.98. The molecule has 0 radical (unpaired) electrons. The number of hydrogen-bond donors (Lipinski definition) is 0. The van der Waals surface area contributed by atoms with Gasteiger partial charge in [0.25, 0.3) is 0 Å². The van der Waals surface area contributed by atoms with E-state index in [1.54, 1.807) is 0 Å². The highest BCUT2D eigenvalue weighted by molar-refractivity contribution is 5.15. The van der Waals surface area contributed by atoms with Crippen molar-refractivity contribution in [2.24, 2.45) is 0 Å². The second-order valence-electron chi connectivity index (χ2n) is 2.42. The first kappa shape index (κ1) is 9.28. The zero-order valence-electron chi connectivity index (χ0n) is 7.39. The van der Waals surface area contributed by atoms with Gasteiger partial charge >= 0.3 is 0 Å². The molecule has 0 heterocycles. The van der Waals surface area contributed by atoms with E-state index in [1.165, 1.54) is 5.70 Å². The van der Waals surface area contributed by atoms with E-state index in [2.05, 4.69) is 51.1 Å². The van der Waals surface area contributed by atoms with Gasteiger partial charge in [0.2, 0.25) is 0 Å². The lowest BCUT2D eigenvalue weighted by atomic mass is 10.3. The minimum atomic E-state index is 1.10. The summed E-state index contributed by atoms with van der Waals surface area (Å²) in [7, 11) is 4.10. The molecule has 0 aliphatic heterocycles. The molecule has 0 bridgehead atoms. The maximum Gasteiger partial charge on any atom is 0.0314 e. The summed E-state index contributed by atoms with van der Waals surface area (Å²) in [5.41, 5.74) is 1.27. The van der Waals surface area contributed by atoms with Crippen LogP contribution in [0.4, 0.5) is 0 Å². The number of likely N-dealkylation sites (N-methyl/N-ethyl adjacent to an activating group) is 1. The van der Waals surface area contributed by atoms with Gasteiger partial charge in [0.05, 0.1) is 0 Å². The van der Waals surface area contributed by atoms with Gasteiger partial charge in [0.1, 0.15) is 0 Å². The molecule has 10 heavy (non-hydrogen) atoms. The lowest BCUT2D eigenvalue weighted by Gasteiger charge is -2.12. The first-order chi connectivity index (χ1) is 4.72. The van der Waals surface area contributed by atoms with Crippen molar-refractivity contribution in [2.75, 3.05) is 14.1 Å². The second kappa shape index (κ2) is 5.10. The predicted octanol–water partition coefficient (Wildman–Crippen LogP) is 2.42. The fourth-order valence-electron chi connectivity index (χ4n) is 0.742. The average Bonchev–Trinajstić information content (AvgIpc) is 1.89. The van der Waals surface area contributed by atoms with Crippen molar-refractivity contribution in [3.05, 3.63) is 23.9 Å². The molecule has 0 saturated heterocycles. The molecule has 0 atom stereocenters. The highest BCUT2D eigenvalue weighted by atomic mass is 15.1.